The molecule has 0 unspecified atom stereocenters. The van der Waals surface area contributed by atoms with Gasteiger partial charge >= 0.3 is 12.2 Å². The van der Waals surface area contributed by atoms with Crippen molar-refractivity contribution < 1.29 is 34.0 Å². The van der Waals surface area contributed by atoms with Gasteiger partial charge in [0.05, 0.1) is 18.2 Å². The maximum absolute atomic E-state index is 12.2. The molecule has 3 atom stereocenters. The van der Waals surface area contributed by atoms with Gasteiger partial charge in [-0.1, -0.05) is 6.08 Å². The Kier molecular flexibility index (Phi) is 6.50. The van der Waals surface area contributed by atoms with E-state index in [-0.39, 0.29) is 19.3 Å². The van der Waals surface area contributed by atoms with Crippen LogP contribution in [0.4, 0.5) is 9.59 Å². The van der Waals surface area contributed by atoms with E-state index in [4.69, 9.17) is 14.2 Å². The minimum absolute atomic E-state index is 0.0370. The maximum Gasteiger partial charge on any atom is 0.408 e. The number of hydrogen-bond donors (Lipinski definition) is 3. The lowest BCUT2D eigenvalue weighted by Crippen LogP contribution is -2.61. The zero-order valence-corrected chi connectivity index (χ0v) is 16.0. The van der Waals surface area contributed by atoms with Gasteiger partial charge in [-0.05, 0) is 45.8 Å². The summed E-state index contributed by atoms with van der Waals surface area (Å²) < 4.78 is 16.2. The van der Waals surface area contributed by atoms with E-state index < -0.39 is 42.3 Å². The summed E-state index contributed by atoms with van der Waals surface area (Å²) in [5, 5.41) is 22.8. The summed E-state index contributed by atoms with van der Waals surface area (Å²) in [5.74, 6) is 0. The second-order valence-electron chi connectivity index (χ2n) is 7.57. The Morgan fingerprint density at radius 2 is 2.07 bits per heavy atom. The Morgan fingerprint density at radius 1 is 1.44 bits per heavy atom. The number of nitrogens with one attached hydrogen (secondary N) is 1. The van der Waals surface area contributed by atoms with Crippen LogP contribution in [0.25, 0.3) is 0 Å². The molecule has 2 amide bonds. The van der Waals surface area contributed by atoms with E-state index in [0.717, 1.165) is 4.90 Å². The van der Waals surface area contributed by atoms with E-state index in [9.17, 15) is 19.8 Å². The van der Waals surface area contributed by atoms with Crippen molar-refractivity contribution in [3.05, 3.63) is 24.3 Å². The highest BCUT2D eigenvalue weighted by Gasteiger charge is 2.43. The highest BCUT2D eigenvalue weighted by molar-refractivity contribution is 5.69. The molecule has 2 rings (SSSR count). The van der Waals surface area contributed by atoms with E-state index in [2.05, 4.69) is 11.9 Å². The summed E-state index contributed by atoms with van der Waals surface area (Å²) >= 11 is 0. The number of ether oxygens (including phenoxy) is 3. The number of alkyl carbamates (subject to hydrolysis) is 1. The first-order valence-electron chi connectivity index (χ1n) is 8.81. The van der Waals surface area contributed by atoms with E-state index in [1.807, 2.05) is 0 Å². The van der Waals surface area contributed by atoms with Crippen molar-refractivity contribution in [2.45, 2.75) is 70.5 Å². The maximum atomic E-state index is 12.2. The van der Waals surface area contributed by atoms with Crippen LogP contribution in [0.3, 0.4) is 0 Å². The number of amides is 2. The molecule has 9 nitrogen and oxygen atoms in total. The second kappa shape index (κ2) is 8.28. The smallest absolute Gasteiger partial charge is 0.408 e. The largest absolute Gasteiger partial charge is 0.465 e. The Bertz CT molecular complexity index is 607. The zero-order chi connectivity index (χ0) is 20.4. The van der Waals surface area contributed by atoms with Gasteiger partial charge in [0.25, 0.3) is 0 Å². The molecule has 0 saturated carbocycles. The first-order chi connectivity index (χ1) is 12.5. The molecule has 152 valence electrons. The molecule has 0 radical (unpaired) electrons. The molecule has 0 aromatic rings. The van der Waals surface area contributed by atoms with Crippen LogP contribution < -0.4 is 5.32 Å². The predicted octanol–water partition coefficient (Wildman–Crippen LogP) is 1.82. The molecule has 0 spiro atoms. The summed E-state index contributed by atoms with van der Waals surface area (Å²) in [6, 6.07) is -1.64. The molecule has 1 saturated heterocycles. The topological polar surface area (TPSA) is 118 Å². The predicted molar refractivity (Wildman–Crippen MR) is 96.0 cm³/mol. The van der Waals surface area contributed by atoms with Gasteiger partial charge in [0.2, 0.25) is 0 Å². The van der Waals surface area contributed by atoms with Crippen molar-refractivity contribution in [2.75, 3.05) is 6.54 Å². The molecule has 2 aliphatic rings. The van der Waals surface area contributed by atoms with Gasteiger partial charge in [0.15, 0.2) is 12.6 Å². The van der Waals surface area contributed by atoms with E-state index in [1.165, 1.54) is 12.2 Å². The Hall–Kier alpha value is -2.10. The lowest BCUT2D eigenvalue weighted by molar-refractivity contribution is -0.360. The number of carboxylic acid groups (broad SMARTS) is 1. The van der Waals surface area contributed by atoms with Gasteiger partial charge in [-0.15, -0.1) is 6.58 Å². The Balaban J connectivity index is 2.24. The molecule has 1 aliphatic heterocycles. The van der Waals surface area contributed by atoms with Crippen molar-refractivity contribution in [3.8, 4) is 0 Å². The second-order valence-corrected chi connectivity index (χ2v) is 7.57. The number of aliphatic hydroxyl groups excluding tert-OH is 1. The molecule has 9 heteroatoms. The highest BCUT2D eigenvalue weighted by Crippen LogP contribution is 2.32. The number of nitrogens with zero attached hydrogens (tertiary/aromatic N) is 1. The van der Waals surface area contributed by atoms with Crippen molar-refractivity contribution in [2.24, 2.45) is 0 Å². The van der Waals surface area contributed by atoms with Crippen LogP contribution in [0.2, 0.25) is 0 Å². The van der Waals surface area contributed by atoms with Crippen LogP contribution in [-0.4, -0.2) is 70.2 Å². The molecule has 0 aromatic heterocycles. The average molecular weight is 384 g/mol. The number of aliphatic hydroxyl groups is 1. The van der Waals surface area contributed by atoms with E-state index >= 15 is 0 Å². The van der Waals surface area contributed by atoms with Crippen molar-refractivity contribution in [3.63, 3.8) is 0 Å². The van der Waals surface area contributed by atoms with Crippen LogP contribution in [0.15, 0.2) is 24.3 Å². The van der Waals surface area contributed by atoms with Crippen molar-refractivity contribution in [1.29, 1.82) is 0 Å². The van der Waals surface area contributed by atoms with Crippen molar-refractivity contribution >= 4 is 12.2 Å². The summed E-state index contributed by atoms with van der Waals surface area (Å²) in [6.07, 6.45) is -0.831. The van der Waals surface area contributed by atoms with Gasteiger partial charge in [0, 0.05) is 6.54 Å². The van der Waals surface area contributed by atoms with Crippen LogP contribution in [0.5, 0.6) is 0 Å². The third kappa shape index (κ3) is 5.44. The summed E-state index contributed by atoms with van der Waals surface area (Å²) in [5.41, 5.74) is -0.0967. The lowest BCUT2D eigenvalue weighted by Gasteiger charge is -2.44. The molecule has 0 bridgehead atoms. The molecular weight excluding hydrogens is 356 g/mol. The molecule has 27 heavy (non-hydrogen) atoms. The fourth-order valence-corrected chi connectivity index (χ4v) is 3.12. The molecule has 0 aromatic carbocycles. The van der Waals surface area contributed by atoms with Crippen molar-refractivity contribution in [1.82, 2.24) is 10.2 Å². The quantitative estimate of drug-likeness (QED) is 0.619. The Morgan fingerprint density at radius 3 is 2.56 bits per heavy atom. The van der Waals surface area contributed by atoms with E-state index in [0.29, 0.717) is 5.57 Å². The van der Waals surface area contributed by atoms with Gasteiger partial charge in [-0.2, -0.15) is 0 Å². The first-order valence-corrected chi connectivity index (χ1v) is 8.81. The highest BCUT2D eigenvalue weighted by atomic mass is 16.9. The summed E-state index contributed by atoms with van der Waals surface area (Å²) in [4.78, 5) is 25.1. The van der Waals surface area contributed by atoms with Gasteiger partial charge < -0.3 is 29.7 Å². The van der Waals surface area contributed by atoms with Gasteiger partial charge in [-0.3, -0.25) is 4.90 Å². The Labute approximate surface area is 158 Å². The summed E-state index contributed by atoms with van der Waals surface area (Å²) in [6.45, 7) is 10.5. The minimum atomic E-state index is -1.19. The molecule has 1 fully saturated rings. The standard InChI is InChI=1S/C18H28N2O7/c1-6-7-20(17(23)24)12-8-11(15-25-10(2)26-15)9-13(21)14(12)19-16(22)27-18(3,4)5/h6,9-10,12-15,21H,1,7-8H2,2-5H3,(H,19,22)(H,23,24)/t10?,12-,13+,14+,15?/m1/s1. The average Bonchev–Trinajstić information content (AvgIpc) is 2.49. The SMILES string of the molecule is C=CCN(C(=O)O)[C@@H]1CC(C2OC(C)O2)=C[C@H](O)[C@H]1NC(=O)OC(C)(C)C. The fraction of sp³-hybridized carbons (Fsp3) is 0.667. The normalized spacial score (nSPS) is 30.6. The third-order valence-electron chi connectivity index (χ3n) is 4.20. The third-order valence-corrected chi connectivity index (χ3v) is 4.20. The van der Waals surface area contributed by atoms with Crippen LogP contribution >= 0.6 is 0 Å². The number of carbonyl (C=O) groups excluding carboxylic acids is 1. The number of rotatable bonds is 5. The zero-order valence-electron chi connectivity index (χ0n) is 16.0. The monoisotopic (exact) mass is 384 g/mol. The van der Waals surface area contributed by atoms with Gasteiger partial charge in [-0.25, -0.2) is 9.59 Å². The van der Waals surface area contributed by atoms with Crippen LogP contribution in [0, 0.1) is 0 Å². The van der Waals surface area contributed by atoms with E-state index in [1.54, 1.807) is 27.7 Å². The first kappa shape index (κ1) is 21.2. The number of carbonyl (C=O) groups is 2. The molecular formula is C18H28N2O7. The number of hydrogen-bond acceptors (Lipinski definition) is 6. The summed E-state index contributed by atoms with van der Waals surface area (Å²) in [7, 11) is 0. The lowest BCUT2D eigenvalue weighted by atomic mass is 9.86. The molecule has 1 aliphatic carbocycles. The fourth-order valence-electron chi connectivity index (χ4n) is 3.12. The molecule has 3 N–H and O–H groups in total. The van der Waals surface area contributed by atoms with Gasteiger partial charge in [0.1, 0.15) is 5.60 Å². The van der Waals surface area contributed by atoms with Crippen LogP contribution in [0.1, 0.15) is 34.1 Å². The minimum Gasteiger partial charge on any atom is -0.465 e. The molecule has 1 heterocycles. The van der Waals surface area contributed by atoms with Crippen LogP contribution in [-0.2, 0) is 14.2 Å².